The first-order valence-corrected chi connectivity index (χ1v) is 11.0. The highest BCUT2D eigenvalue weighted by Crippen LogP contribution is 2.15. The summed E-state index contributed by atoms with van der Waals surface area (Å²) in [5.74, 6) is 0.966. The maximum atomic E-state index is 5.64. The van der Waals surface area contributed by atoms with E-state index in [-0.39, 0.29) is 0 Å². The molecule has 0 N–H and O–H groups in total. The third-order valence-corrected chi connectivity index (χ3v) is 5.02. The molecular weight excluding hydrogens is 330 g/mol. The first-order chi connectivity index (χ1) is 13.3. The van der Waals surface area contributed by atoms with Crippen LogP contribution in [0.4, 0.5) is 0 Å². The molecular formula is C25H37NO. The van der Waals surface area contributed by atoms with Gasteiger partial charge in [-0.2, -0.15) is 0 Å². The largest absolute Gasteiger partial charge is 0.494 e. The maximum absolute atomic E-state index is 5.64. The predicted molar refractivity (Wildman–Crippen MR) is 116 cm³/mol. The van der Waals surface area contributed by atoms with Gasteiger partial charge in [-0.25, -0.2) is 0 Å². The molecule has 0 bridgehead atoms. The van der Waals surface area contributed by atoms with Gasteiger partial charge in [-0.05, 0) is 61.4 Å². The molecule has 1 aromatic heterocycles. The van der Waals surface area contributed by atoms with Crippen LogP contribution in [0.5, 0.6) is 5.75 Å². The second-order valence-corrected chi connectivity index (χ2v) is 7.52. The van der Waals surface area contributed by atoms with Crippen molar-refractivity contribution in [3.05, 3.63) is 59.4 Å². The Labute approximate surface area is 166 Å². The number of nitrogens with zero attached hydrogens (tertiary/aromatic N) is 1. The normalized spacial score (nSPS) is 10.9. The minimum Gasteiger partial charge on any atom is -0.494 e. The van der Waals surface area contributed by atoms with Gasteiger partial charge in [-0.3, -0.25) is 4.98 Å². The Hall–Kier alpha value is -1.83. The molecule has 0 aliphatic carbocycles. The van der Waals surface area contributed by atoms with Crippen LogP contribution in [0, 0.1) is 0 Å². The first kappa shape index (κ1) is 21.5. The molecule has 148 valence electrons. The van der Waals surface area contributed by atoms with Crippen molar-refractivity contribution in [3.63, 3.8) is 0 Å². The number of aromatic nitrogens is 1. The molecule has 1 aromatic carbocycles. The number of rotatable bonds is 14. The Bertz CT molecular complexity index is 603. The van der Waals surface area contributed by atoms with Gasteiger partial charge in [0.1, 0.15) is 5.75 Å². The molecule has 0 radical (unpaired) electrons. The van der Waals surface area contributed by atoms with Gasteiger partial charge in [0, 0.05) is 11.9 Å². The van der Waals surface area contributed by atoms with Crippen molar-refractivity contribution in [2.24, 2.45) is 0 Å². The van der Waals surface area contributed by atoms with Crippen molar-refractivity contribution < 1.29 is 4.74 Å². The number of hydrogen-bond acceptors (Lipinski definition) is 2. The zero-order chi connectivity index (χ0) is 19.2. The Morgan fingerprint density at radius 2 is 1.37 bits per heavy atom. The highest BCUT2D eigenvalue weighted by Gasteiger charge is 2.00. The highest BCUT2D eigenvalue weighted by atomic mass is 16.5. The number of benzene rings is 1. The lowest BCUT2D eigenvalue weighted by Crippen LogP contribution is -1.97. The van der Waals surface area contributed by atoms with Gasteiger partial charge in [-0.1, -0.05) is 70.6 Å². The van der Waals surface area contributed by atoms with Gasteiger partial charge in [-0.15, -0.1) is 0 Å². The SMILES string of the molecule is CCCCCCCCCc1ccc(CCc2ccc(OCCC)cc2)nc1. The third-order valence-electron chi connectivity index (χ3n) is 5.02. The summed E-state index contributed by atoms with van der Waals surface area (Å²) in [5, 5.41) is 0. The quantitative estimate of drug-likeness (QED) is 0.337. The van der Waals surface area contributed by atoms with E-state index in [4.69, 9.17) is 4.74 Å². The molecule has 2 aromatic rings. The van der Waals surface area contributed by atoms with Crippen LogP contribution in [0.1, 0.15) is 82.0 Å². The van der Waals surface area contributed by atoms with E-state index in [0.717, 1.165) is 31.6 Å². The van der Waals surface area contributed by atoms with Crippen LogP contribution in [-0.2, 0) is 19.3 Å². The lowest BCUT2D eigenvalue weighted by molar-refractivity contribution is 0.317. The number of aryl methyl sites for hydroxylation is 3. The van der Waals surface area contributed by atoms with E-state index in [9.17, 15) is 0 Å². The van der Waals surface area contributed by atoms with Crippen LogP contribution in [0.25, 0.3) is 0 Å². The maximum Gasteiger partial charge on any atom is 0.119 e. The molecule has 1 heterocycles. The van der Waals surface area contributed by atoms with Gasteiger partial charge in [0.05, 0.1) is 6.61 Å². The molecule has 2 heteroatoms. The zero-order valence-electron chi connectivity index (χ0n) is 17.4. The fourth-order valence-corrected chi connectivity index (χ4v) is 3.28. The summed E-state index contributed by atoms with van der Waals surface area (Å²) in [6.45, 7) is 5.19. The van der Waals surface area contributed by atoms with Gasteiger partial charge >= 0.3 is 0 Å². The van der Waals surface area contributed by atoms with Crippen LogP contribution in [0.2, 0.25) is 0 Å². The summed E-state index contributed by atoms with van der Waals surface area (Å²) in [5.41, 5.74) is 3.90. The minimum absolute atomic E-state index is 0.786. The van der Waals surface area contributed by atoms with Crippen LogP contribution in [-0.4, -0.2) is 11.6 Å². The van der Waals surface area contributed by atoms with Gasteiger partial charge in [0.15, 0.2) is 0 Å². The molecule has 0 saturated heterocycles. The number of hydrogen-bond donors (Lipinski definition) is 0. The average molecular weight is 368 g/mol. The van der Waals surface area contributed by atoms with Crippen molar-refractivity contribution in [3.8, 4) is 5.75 Å². The van der Waals surface area contributed by atoms with Crippen molar-refractivity contribution in [2.75, 3.05) is 6.61 Å². The van der Waals surface area contributed by atoms with Crippen molar-refractivity contribution in [1.82, 2.24) is 4.98 Å². The highest BCUT2D eigenvalue weighted by molar-refractivity contribution is 5.28. The van der Waals surface area contributed by atoms with Gasteiger partial charge in [0.2, 0.25) is 0 Å². The Balaban J connectivity index is 1.65. The summed E-state index contributed by atoms with van der Waals surface area (Å²) in [4.78, 5) is 4.67. The fraction of sp³-hybridized carbons (Fsp3) is 0.560. The monoisotopic (exact) mass is 367 g/mol. The van der Waals surface area contributed by atoms with Gasteiger partial charge in [0.25, 0.3) is 0 Å². The number of ether oxygens (including phenoxy) is 1. The summed E-state index contributed by atoms with van der Waals surface area (Å²) in [7, 11) is 0. The molecule has 2 nitrogen and oxygen atoms in total. The Kier molecular flexibility index (Phi) is 10.6. The second kappa shape index (κ2) is 13.4. The minimum atomic E-state index is 0.786. The predicted octanol–water partition coefficient (Wildman–Crippen LogP) is 6.95. The molecule has 0 aliphatic rings. The van der Waals surface area contributed by atoms with E-state index in [1.54, 1.807) is 0 Å². The van der Waals surface area contributed by atoms with Crippen LogP contribution >= 0.6 is 0 Å². The molecule has 0 fully saturated rings. The average Bonchev–Trinajstić information content (AvgIpc) is 2.71. The fourth-order valence-electron chi connectivity index (χ4n) is 3.28. The summed E-state index contributed by atoms with van der Waals surface area (Å²) in [6.07, 6.45) is 15.9. The van der Waals surface area contributed by atoms with Crippen molar-refractivity contribution in [1.29, 1.82) is 0 Å². The van der Waals surface area contributed by atoms with Crippen LogP contribution in [0.15, 0.2) is 42.6 Å². The summed E-state index contributed by atoms with van der Waals surface area (Å²) in [6, 6.07) is 12.9. The lowest BCUT2D eigenvalue weighted by Gasteiger charge is -2.07. The second-order valence-electron chi connectivity index (χ2n) is 7.52. The molecule has 2 rings (SSSR count). The van der Waals surface area contributed by atoms with Gasteiger partial charge < -0.3 is 4.74 Å². The van der Waals surface area contributed by atoms with E-state index in [1.165, 1.54) is 68.2 Å². The molecule has 0 saturated carbocycles. The molecule has 27 heavy (non-hydrogen) atoms. The summed E-state index contributed by atoms with van der Waals surface area (Å²) < 4.78 is 5.64. The van der Waals surface area contributed by atoms with E-state index in [1.807, 2.05) is 0 Å². The summed E-state index contributed by atoms with van der Waals surface area (Å²) >= 11 is 0. The first-order valence-electron chi connectivity index (χ1n) is 11.0. The molecule has 0 atom stereocenters. The zero-order valence-corrected chi connectivity index (χ0v) is 17.4. The topological polar surface area (TPSA) is 22.1 Å². The molecule has 0 aliphatic heterocycles. The Morgan fingerprint density at radius 3 is 2.04 bits per heavy atom. The van der Waals surface area contributed by atoms with Crippen LogP contribution in [0.3, 0.4) is 0 Å². The number of pyridine rings is 1. The van der Waals surface area contributed by atoms with Crippen LogP contribution < -0.4 is 4.74 Å². The van der Waals surface area contributed by atoms with E-state index < -0.39 is 0 Å². The molecule has 0 amide bonds. The smallest absolute Gasteiger partial charge is 0.119 e. The van der Waals surface area contributed by atoms with E-state index in [2.05, 4.69) is 61.4 Å². The molecule has 0 spiro atoms. The van der Waals surface area contributed by atoms with E-state index in [0.29, 0.717) is 0 Å². The standard InChI is InChI=1S/C25H37NO/c1-3-5-6-7-8-9-10-11-23-13-17-24(26-21-23)16-12-22-14-18-25(19-15-22)27-20-4-2/h13-15,17-19,21H,3-12,16,20H2,1-2H3. The van der Waals surface area contributed by atoms with Crippen molar-refractivity contribution >= 4 is 0 Å². The Morgan fingerprint density at radius 1 is 0.667 bits per heavy atom. The lowest BCUT2D eigenvalue weighted by atomic mass is 10.0. The van der Waals surface area contributed by atoms with E-state index >= 15 is 0 Å². The van der Waals surface area contributed by atoms with Crippen molar-refractivity contribution in [2.45, 2.75) is 84.5 Å². The number of unbranched alkanes of at least 4 members (excludes halogenated alkanes) is 6. The molecule has 0 unspecified atom stereocenters. The third kappa shape index (κ3) is 9.08.